The molecule has 5 nitrogen and oxygen atoms in total. The summed E-state index contributed by atoms with van der Waals surface area (Å²) in [5.74, 6) is 1.09. The van der Waals surface area contributed by atoms with Crippen LogP contribution in [0.1, 0.15) is 11.9 Å². The quantitative estimate of drug-likeness (QED) is 0.844. The zero-order valence-corrected chi connectivity index (χ0v) is 10.1. The van der Waals surface area contributed by atoms with Gasteiger partial charge in [0.15, 0.2) is 5.82 Å². The zero-order chi connectivity index (χ0) is 13.0. The number of hydrogen-bond acceptors (Lipinski definition) is 5. The van der Waals surface area contributed by atoms with Gasteiger partial charge in [0, 0.05) is 18.3 Å². The first kappa shape index (κ1) is 12.5. The predicted octanol–water partition coefficient (Wildman–Crippen LogP) is 1.14. The molecule has 2 rings (SSSR count). The summed E-state index contributed by atoms with van der Waals surface area (Å²) in [4.78, 5) is 8.30. The summed E-state index contributed by atoms with van der Waals surface area (Å²) < 4.78 is 5.16. The van der Waals surface area contributed by atoms with E-state index in [4.69, 9.17) is 10.5 Å². The number of aliphatic hydroxyl groups is 1. The molecule has 1 aromatic carbocycles. The molecule has 0 aliphatic heterocycles. The third-order valence-electron chi connectivity index (χ3n) is 2.56. The number of rotatable bonds is 4. The van der Waals surface area contributed by atoms with E-state index in [2.05, 4.69) is 9.97 Å². The minimum atomic E-state index is -0.837. The maximum absolute atomic E-state index is 9.63. The van der Waals surface area contributed by atoms with Crippen LogP contribution in [-0.4, -0.2) is 28.7 Å². The van der Waals surface area contributed by atoms with Crippen molar-refractivity contribution in [2.24, 2.45) is 5.73 Å². The van der Waals surface area contributed by atoms with E-state index in [-0.39, 0.29) is 6.54 Å². The first-order valence-electron chi connectivity index (χ1n) is 5.60. The molecule has 1 heterocycles. The van der Waals surface area contributed by atoms with Crippen molar-refractivity contribution in [2.45, 2.75) is 6.10 Å². The van der Waals surface area contributed by atoms with Gasteiger partial charge in [0.2, 0.25) is 0 Å². The van der Waals surface area contributed by atoms with E-state index < -0.39 is 6.10 Å². The molecule has 5 heteroatoms. The maximum atomic E-state index is 9.63. The van der Waals surface area contributed by atoms with Gasteiger partial charge in [0.1, 0.15) is 11.9 Å². The van der Waals surface area contributed by atoms with Gasteiger partial charge in [0.05, 0.1) is 12.8 Å². The molecule has 0 radical (unpaired) electrons. The third-order valence-corrected chi connectivity index (χ3v) is 2.56. The van der Waals surface area contributed by atoms with Crippen molar-refractivity contribution in [3.8, 4) is 17.0 Å². The van der Waals surface area contributed by atoms with Gasteiger partial charge < -0.3 is 15.6 Å². The second-order valence-electron chi connectivity index (χ2n) is 3.78. The van der Waals surface area contributed by atoms with Crippen LogP contribution in [0.5, 0.6) is 5.75 Å². The first-order chi connectivity index (χ1) is 8.74. The summed E-state index contributed by atoms with van der Waals surface area (Å²) in [6, 6.07) is 9.32. The van der Waals surface area contributed by atoms with Gasteiger partial charge in [-0.3, -0.25) is 0 Å². The van der Waals surface area contributed by atoms with Crippen LogP contribution in [0.15, 0.2) is 36.5 Å². The fraction of sp³-hybridized carbons (Fsp3) is 0.231. The molecule has 2 aromatic rings. The van der Waals surface area contributed by atoms with Gasteiger partial charge in [-0.2, -0.15) is 0 Å². The Hall–Kier alpha value is -1.98. The van der Waals surface area contributed by atoms with Crippen LogP contribution >= 0.6 is 0 Å². The Kier molecular flexibility index (Phi) is 3.86. The van der Waals surface area contributed by atoms with Gasteiger partial charge >= 0.3 is 0 Å². The highest BCUT2D eigenvalue weighted by atomic mass is 16.5. The number of nitrogens with zero attached hydrogens (tertiary/aromatic N) is 2. The molecule has 0 aliphatic rings. The summed E-state index contributed by atoms with van der Waals surface area (Å²) in [6.45, 7) is 0.0988. The minimum absolute atomic E-state index is 0.0988. The molecule has 1 aromatic heterocycles. The number of nitrogens with two attached hydrogens (primary N) is 1. The average Bonchev–Trinajstić information content (AvgIpc) is 2.46. The highest BCUT2D eigenvalue weighted by Gasteiger charge is 2.10. The molecule has 1 atom stereocenters. The monoisotopic (exact) mass is 245 g/mol. The number of hydrogen-bond donors (Lipinski definition) is 2. The van der Waals surface area contributed by atoms with Crippen LogP contribution in [0.25, 0.3) is 11.3 Å². The Labute approximate surface area is 105 Å². The molecule has 0 amide bonds. The van der Waals surface area contributed by atoms with Crippen molar-refractivity contribution in [1.29, 1.82) is 0 Å². The van der Waals surface area contributed by atoms with E-state index in [0.717, 1.165) is 17.0 Å². The minimum Gasteiger partial charge on any atom is -0.497 e. The SMILES string of the molecule is COc1cccc(-c2ccnc(C(O)CN)n2)c1. The van der Waals surface area contributed by atoms with Crippen LogP contribution in [0, 0.1) is 0 Å². The first-order valence-corrected chi connectivity index (χ1v) is 5.60. The largest absolute Gasteiger partial charge is 0.497 e. The fourth-order valence-corrected chi connectivity index (χ4v) is 1.58. The van der Waals surface area contributed by atoms with Crippen molar-refractivity contribution in [3.05, 3.63) is 42.4 Å². The summed E-state index contributed by atoms with van der Waals surface area (Å²) in [5, 5.41) is 9.63. The number of benzene rings is 1. The third kappa shape index (κ3) is 2.64. The fourth-order valence-electron chi connectivity index (χ4n) is 1.58. The second-order valence-corrected chi connectivity index (χ2v) is 3.78. The lowest BCUT2D eigenvalue weighted by atomic mass is 10.1. The molecule has 18 heavy (non-hydrogen) atoms. The Morgan fingerprint density at radius 2 is 2.22 bits per heavy atom. The molecular weight excluding hydrogens is 230 g/mol. The highest BCUT2D eigenvalue weighted by molar-refractivity contribution is 5.60. The number of aromatic nitrogens is 2. The van der Waals surface area contributed by atoms with E-state index in [0.29, 0.717) is 5.82 Å². The van der Waals surface area contributed by atoms with Crippen molar-refractivity contribution in [3.63, 3.8) is 0 Å². The van der Waals surface area contributed by atoms with Crippen LogP contribution in [0.4, 0.5) is 0 Å². The number of methoxy groups -OCH3 is 1. The Morgan fingerprint density at radius 1 is 1.39 bits per heavy atom. The normalized spacial score (nSPS) is 12.2. The summed E-state index contributed by atoms with van der Waals surface area (Å²) >= 11 is 0. The molecule has 0 fully saturated rings. The van der Waals surface area contributed by atoms with Gasteiger partial charge in [-0.25, -0.2) is 9.97 Å². The smallest absolute Gasteiger partial charge is 0.158 e. The lowest BCUT2D eigenvalue weighted by molar-refractivity contribution is 0.176. The van der Waals surface area contributed by atoms with Crippen molar-refractivity contribution in [1.82, 2.24) is 9.97 Å². The number of aliphatic hydroxyl groups excluding tert-OH is 1. The van der Waals surface area contributed by atoms with Gasteiger partial charge in [0.25, 0.3) is 0 Å². The standard InChI is InChI=1S/C13H15N3O2/c1-18-10-4-2-3-9(7-10)11-5-6-15-13(16-11)12(17)8-14/h2-7,12,17H,8,14H2,1H3. The predicted molar refractivity (Wildman–Crippen MR) is 68.0 cm³/mol. The Morgan fingerprint density at radius 3 is 2.94 bits per heavy atom. The Bertz CT molecular complexity index is 531. The molecule has 1 unspecified atom stereocenters. The summed E-state index contributed by atoms with van der Waals surface area (Å²) in [5.41, 5.74) is 7.02. The van der Waals surface area contributed by atoms with Crippen molar-refractivity contribution < 1.29 is 9.84 Å². The maximum Gasteiger partial charge on any atom is 0.158 e. The molecule has 0 bridgehead atoms. The van der Waals surface area contributed by atoms with Crippen LogP contribution in [-0.2, 0) is 0 Å². The van der Waals surface area contributed by atoms with Gasteiger partial charge in [-0.1, -0.05) is 12.1 Å². The number of ether oxygens (including phenoxy) is 1. The lowest BCUT2D eigenvalue weighted by Gasteiger charge is -2.08. The van der Waals surface area contributed by atoms with Crippen LogP contribution in [0.3, 0.4) is 0 Å². The summed E-state index contributed by atoms with van der Waals surface area (Å²) in [7, 11) is 1.61. The second kappa shape index (κ2) is 5.57. The van der Waals surface area contributed by atoms with Crippen molar-refractivity contribution >= 4 is 0 Å². The van der Waals surface area contributed by atoms with Crippen LogP contribution in [0.2, 0.25) is 0 Å². The van der Waals surface area contributed by atoms with E-state index in [9.17, 15) is 5.11 Å². The Balaban J connectivity index is 2.38. The average molecular weight is 245 g/mol. The van der Waals surface area contributed by atoms with E-state index in [1.807, 2.05) is 24.3 Å². The highest BCUT2D eigenvalue weighted by Crippen LogP contribution is 2.22. The molecule has 0 saturated carbocycles. The molecule has 0 saturated heterocycles. The molecule has 3 N–H and O–H groups in total. The molecular formula is C13H15N3O2. The lowest BCUT2D eigenvalue weighted by Crippen LogP contribution is -2.14. The van der Waals surface area contributed by atoms with Crippen molar-refractivity contribution in [2.75, 3.05) is 13.7 Å². The van der Waals surface area contributed by atoms with E-state index >= 15 is 0 Å². The van der Waals surface area contributed by atoms with E-state index in [1.54, 1.807) is 19.4 Å². The zero-order valence-electron chi connectivity index (χ0n) is 10.1. The van der Waals surface area contributed by atoms with Crippen LogP contribution < -0.4 is 10.5 Å². The molecule has 94 valence electrons. The van der Waals surface area contributed by atoms with Gasteiger partial charge in [-0.05, 0) is 18.2 Å². The van der Waals surface area contributed by atoms with Gasteiger partial charge in [-0.15, -0.1) is 0 Å². The van der Waals surface area contributed by atoms with E-state index in [1.165, 1.54) is 0 Å². The topological polar surface area (TPSA) is 81.3 Å². The molecule has 0 spiro atoms. The molecule has 0 aliphatic carbocycles. The summed E-state index contributed by atoms with van der Waals surface area (Å²) in [6.07, 6.45) is 0.770.